The first kappa shape index (κ1) is 15.1. The van der Waals surface area contributed by atoms with Crippen LogP contribution in [0.3, 0.4) is 0 Å². The van der Waals surface area contributed by atoms with Gasteiger partial charge >= 0.3 is 6.03 Å². The third-order valence-electron chi connectivity index (χ3n) is 2.81. The van der Waals surface area contributed by atoms with Crippen molar-refractivity contribution in [3.05, 3.63) is 52.8 Å². The van der Waals surface area contributed by atoms with Gasteiger partial charge in [0.25, 0.3) is 0 Å². The zero-order valence-corrected chi connectivity index (χ0v) is 12.3. The van der Waals surface area contributed by atoms with Crippen molar-refractivity contribution >= 4 is 29.0 Å². The summed E-state index contributed by atoms with van der Waals surface area (Å²) >= 11 is 6.00. The molecule has 0 spiro atoms. The highest BCUT2D eigenvalue weighted by Gasteiger charge is 2.10. The standard InChI is InChI=1S/C15H14ClFN2O2/c1-9-6-13(14(21-2)8-12(9)16)19-15(20)18-11-5-3-4-10(17)7-11/h3-8H,1-2H3,(H2,18,19,20). The normalized spacial score (nSPS) is 10.1. The van der Waals surface area contributed by atoms with Gasteiger partial charge in [-0.2, -0.15) is 0 Å². The molecule has 2 N–H and O–H groups in total. The van der Waals surface area contributed by atoms with Crippen LogP contribution in [0.2, 0.25) is 5.02 Å². The Morgan fingerprint density at radius 1 is 1.24 bits per heavy atom. The molecule has 4 nitrogen and oxygen atoms in total. The van der Waals surface area contributed by atoms with E-state index in [9.17, 15) is 9.18 Å². The molecule has 2 rings (SSSR count). The first-order chi connectivity index (χ1) is 9.99. The van der Waals surface area contributed by atoms with E-state index in [0.717, 1.165) is 5.56 Å². The Hall–Kier alpha value is -2.27. The number of aryl methyl sites for hydroxylation is 1. The minimum absolute atomic E-state index is 0.358. The molecule has 0 radical (unpaired) electrons. The van der Waals surface area contributed by atoms with Gasteiger partial charge in [0.2, 0.25) is 0 Å². The van der Waals surface area contributed by atoms with Crippen molar-refractivity contribution in [1.82, 2.24) is 0 Å². The number of anilines is 2. The number of halogens is 2. The number of rotatable bonds is 3. The average Bonchev–Trinajstić information content (AvgIpc) is 2.42. The summed E-state index contributed by atoms with van der Waals surface area (Å²) in [5.74, 6) is 0.0210. The Morgan fingerprint density at radius 2 is 2.00 bits per heavy atom. The van der Waals surface area contributed by atoms with Crippen molar-refractivity contribution in [3.8, 4) is 5.75 Å². The average molecular weight is 309 g/mol. The van der Waals surface area contributed by atoms with Crippen LogP contribution in [0.15, 0.2) is 36.4 Å². The Labute approximate surface area is 126 Å². The summed E-state index contributed by atoms with van der Waals surface area (Å²) in [5.41, 5.74) is 1.64. The van der Waals surface area contributed by atoms with Gasteiger partial charge in [0.05, 0.1) is 12.8 Å². The number of carbonyl (C=O) groups excluding carboxylic acids is 1. The zero-order chi connectivity index (χ0) is 15.4. The number of amides is 2. The molecule has 110 valence electrons. The van der Waals surface area contributed by atoms with Crippen LogP contribution in [-0.4, -0.2) is 13.1 Å². The summed E-state index contributed by atoms with van der Waals surface area (Å²) < 4.78 is 18.2. The predicted octanol–water partition coefficient (Wildman–Crippen LogP) is 4.44. The number of methoxy groups -OCH3 is 1. The van der Waals surface area contributed by atoms with E-state index in [1.54, 1.807) is 18.2 Å². The summed E-state index contributed by atoms with van der Waals surface area (Å²) in [7, 11) is 1.48. The molecule has 0 saturated carbocycles. The van der Waals surface area contributed by atoms with Crippen molar-refractivity contribution in [2.75, 3.05) is 17.7 Å². The molecule has 2 aromatic carbocycles. The van der Waals surface area contributed by atoms with Crippen molar-refractivity contribution in [2.24, 2.45) is 0 Å². The maximum atomic E-state index is 13.1. The Morgan fingerprint density at radius 3 is 2.67 bits per heavy atom. The minimum Gasteiger partial charge on any atom is -0.495 e. The molecular formula is C15H14ClFN2O2. The van der Waals surface area contributed by atoms with Crippen LogP contribution in [0.25, 0.3) is 0 Å². The second-order valence-electron chi connectivity index (χ2n) is 4.39. The molecule has 0 aromatic heterocycles. The topological polar surface area (TPSA) is 50.4 Å². The van der Waals surface area contributed by atoms with Crippen LogP contribution >= 0.6 is 11.6 Å². The summed E-state index contributed by atoms with van der Waals surface area (Å²) in [4.78, 5) is 11.9. The number of hydrogen-bond donors (Lipinski definition) is 2. The molecule has 0 aliphatic rings. The number of carbonyl (C=O) groups is 1. The fourth-order valence-electron chi connectivity index (χ4n) is 1.78. The van der Waals surface area contributed by atoms with E-state index in [1.807, 2.05) is 6.92 Å². The largest absolute Gasteiger partial charge is 0.495 e. The first-order valence-corrected chi connectivity index (χ1v) is 6.55. The molecule has 21 heavy (non-hydrogen) atoms. The molecule has 2 aromatic rings. The molecule has 2 amide bonds. The highest BCUT2D eigenvalue weighted by Crippen LogP contribution is 2.31. The van der Waals surface area contributed by atoms with Crippen LogP contribution in [0.5, 0.6) is 5.75 Å². The van der Waals surface area contributed by atoms with E-state index in [2.05, 4.69) is 10.6 Å². The summed E-state index contributed by atoms with van der Waals surface area (Å²) in [5, 5.41) is 5.72. The first-order valence-electron chi connectivity index (χ1n) is 6.17. The monoisotopic (exact) mass is 308 g/mol. The SMILES string of the molecule is COc1cc(Cl)c(C)cc1NC(=O)Nc1cccc(F)c1. The van der Waals surface area contributed by atoms with Crippen molar-refractivity contribution in [2.45, 2.75) is 6.92 Å². The Balaban J connectivity index is 2.14. The quantitative estimate of drug-likeness (QED) is 0.880. The third-order valence-corrected chi connectivity index (χ3v) is 3.22. The van der Waals surface area contributed by atoms with Crippen molar-refractivity contribution < 1.29 is 13.9 Å². The number of benzene rings is 2. The van der Waals surface area contributed by atoms with Crippen LogP contribution in [-0.2, 0) is 0 Å². The highest BCUT2D eigenvalue weighted by molar-refractivity contribution is 6.31. The lowest BCUT2D eigenvalue weighted by Gasteiger charge is -2.13. The second-order valence-corrected chi connectivity index (χ2v) is 4.80. The molecule has 0 heterocycles. The number of urea groups is 1. The van der Waals surface area contributed by atoms with E-state index in [1.165, 1.54) is 25.3 Å². The molecule has 0 aliphatic carbocycles. The van der Waals surface area contributed by atoms with Gasteiger partial charge in [-0.05, 0) is 36.8 Å². The number of hydrogen-bond acceptors (Lipinski definition) is 2. The van der Waals surface area contributed by atoms with Crippen LogP contribution in [0.1, 0.15) is 5.56 Å². The highest BCUT2D eigenvalue weighted by atomic mass is 35.5. The molecule has 0 saturated heterocycles. The molecule has 0 atom stereocenters. The zero-order valence-electron chi connectivity index (χ0n) is 11.5. The summed E-state index contributed by atoms with van der Waals surface area (Å²) in [6.07, 6.45) is 0. The van der Waals surface area contributed by atoms with E-state index in [-0.39, 0.29) is 0 Å². The van der Waals surface area contributed by atoms with Gasteiger partial charge in [-0.3, -0.25) is 0 Å². The van der Waals surface area contributed by atoms with Gasteiger partial charge < -0.3 is 15.4 Å². The summed E-state index contributed by atoms with van der Waals surface area (Å²) in [6, 6.07) is 8.45. The molecule has 0 fully saturated rings. The molecular weight excluding hydrogens is 295 g/mol. The van der Waals surface area contributed by atoms with Gasteiger partial charge in [0.15, 0.2) is 0 Å². The number of ether oxygens (including phenoxy) is 1. The smallest absolute Gasteiger partial charge is 0.323 e. The van der Waals surface area contributed by atoms with E-state index in [4.69, 9.17) is 16.3 Å². The van der Waals surface area contributed by atoms with Gasteiger partial charge in [0.1, 0.15) is 11.6 Å². The van der Waals surface area contributed by atoms with Gasteiger partial charge in [-0.25, -0.2) is 9.18 Å². The lowest BCUT2D eigenvalue weighted by molar-refractivity contribution is 0.262. The Bertz CT molecular complexity index is 677. The van der Waals surface area contributed by atoms with Gasteiger partial charge in [0, 0.05) is 16.8 Å². The van der Waals surface area contributed by atoms with Crippen molar-refractivity contribution in [1.29, 1.82) is 0 Å². The van der Waals surface area contributed by atoms with E-state index < -0.39 is 11.8 Å². The van der Waals surface area contributed by atoms with Gasteiger partial charge in [-0.15, -0.1) is 0 Å². The van der Waals surface area contributed by atoms with E-state index in [0.29, 0.717) is 22.1 Å². The predicted molar refractivity (Wildman–Crippen MR) is 81.8 cm³/mol. The Kier molecular flexibility index (Phi) is 4.65. The minimum atomic E-state index is -0.499. The number of nitrogens with one attached hydrogen (secondary N) is 2. The van der Waals surface area contributed by atoms with Crippen LogP contribution < -0.4 is 15.4 Å². The van der Waals surface area contributed by atoms with Crippen molar-refractivity contribution in [3.63, 3.8) is 0 Å². The molecule has 0 unspecified atom stereocenters. The maximum absolute atomic E-state index is 13.1. The molecule has 0 aliphatic heterocycles. The summed E-state index contributed by atoms with van der Waals surface area (Å²) in [6.45, 7) is 1.82. The second kappa shape index (κ2) is 6.45. The van der Waals surface area contributed by atoms with Crippen LogP contribution in [0.4, 0.5) is 20.6 Å². The van der Waals surface area contributed by atoms with E-state index >= 15 is 0 Å². The molecule has 0 bridgehead atoms. The lowest BCUT2D eigenvalue weighted by atomic mass is 10.2. The fraction of sp³-hybridized carbons (Fsp3) is 0.133. The van der Waals surface area contributed by atoms with Gasteiger partial charge in [-0.1, -0.05) is 17.7 Å². The van der Waals surface area contributed by atoms with Crippen LogP contribution in [0, 0.1) is 12.7 Å². The lowest BCUT2D eigenvalue weighted by Crippen LogP contribution is -2.20. The molecule has 6 heteroatoms. The maximum Gasteiger partial charge on any atom is 0.323 e. The fourth-order valence-corrected chi connectivity index (χ4v) is 1.93. The third kappa shape index (κ3) is 3.86.